The lowest BCUT2D eigenvalue weighted by Crippen LogP contribution is -2.57. The molecule has 346 valence electrons. The van der Waals surface area contributed by atoms with Crippen molar-refractivity contribution in [2.45, 2.75) is 80.7 Å². The molecule has 0 saturated carbocycles. The van der Waals surface area contributed by atoms with E-state index in [1.54, 1.807) is 24.3 Å². The highest BCUT2D eigenvalue weighted by Gasteiger charge is 2.50. The van der Waals surface area contributed by atoms with Crippen molar-refractivity contribution in [2.24, 2.45) is 0 Å². The fourth-order valence-corrected chi connectivity index (χ4v) is 10.7. The Balaban J connectivity index is 0.895. The van der Waals surface area contributed by atoms with E-state index < -0.39 is 33.8 Å². The van der Waals surface area contributed by atoms with Crippen molar-refractivity contribution in [1.29, 1.82) is 0 Å². The van der Waals surface area contributed by atoms with Crippen molar-refractivity contribution in [3.8, 4) is 11.1 Å². The van der Waals surface area contributed by atoms with Gasteiger partial charge in [-0.15, -0.1) is 0 Å². The summed E-state index contributed by atoms with van der Waals surface area (Å²) in [4.78, 5) is 31.9. The molecule has 13 heteroatoms. The lowest BCUT2D eigenvalue weighted by atomic mass is 9.85. The summed E-state index contributed by atoms with van der Waals surface area (Å²) < 4.78 is 43.2. The van der Waals surface area contributed by atoms with Crippen LogP contribution < -0.4 is 20.3 Å². The fourth-order valence-electron chi connectivity index (χ4n) is 9.51. The Morgan fingerprint density at radius 2 is 1.45 bits per heavy atom. The molecule has 6 aromatic rings. The largest absolute Gasteiger partial charge is 0.392 e. The molecule has 3 aliphatic heterocycles. The van der Waals surface area contributed by atoms with Crippen LogP contribution in [-0.2, 0) is 48.7 Å². The van der Waals surface area contributed by atoms with E-state index in [4.69, 9.17) is 9.47 Å². The van der Waals surface area contributed by atoms with E-state index in [2.05, 4.69) is 43.4 Å². The smallest absolute Gasteiger partial charge is 0.247 e. The monoisotopic (exact) mass is 919 g/mol. The Bertz CT molecular complexity index is 2750. The third-order valence-corrected chi connectivity index (χ3v) is 14.8. The van der Waals surface area contributed by atoms with Crippen LogP contribution in [0.1, 0.15) is 65.0 Å². The van der Waals surface area contributed by atoms with E-state index in [1.165, 1.54) is 0 Å². The van der Waals surface area contributed by atoms with Gasteiger partial charge in [0, 0.05) is 43.9 Å². The maximum atomic E-state index is 13.8. The van der Waals surface area contributed by atoms with Gasteiger partial charge in [-0.2, -0.15) is 4.72 Å². The second-order valence-corrected chi connectivity index (χ2v) is 19.5. The van der Waals surface area contributed by atoms with Crippen molar-refractivity contribution in [3.63, 3.8) is 0 Å². The summed E-state index contributed by atoms with van der Waals surface area (Å²) in [7, 11) is -3.99. The molecule has 6 aromatic carbocycles. The number of para-hydroxylation sites is 1. The summed E-state index contributed by atoms with van der Waals surface area (Å²) in [6.45, 7) is 4.72. The third-order valence-electron chi connectivity index (χ3n) is 13.3. The predicted molar refractivity (Wildman–Crippen MR) is 258 cm³/mol. The Hall–Kier alpha value is -6.19. The molecule has 3 heterocycles. The van der Waals surface area contributed by atoms with Gasteiger partial charge in [0.05, 0.1) is 30.4 Å². The summed E-state index contributed by atoms with van der Waals surface area (Å²) in [6, 6.07) is 48.9. The van der Waals surface area contributed by atoms with Gasteiger partial charge < -0.3 is 35.0 Å². The van der Waals surface area contributed by atoms with Gasteiger partial charge >= 0.3 is 0 Å². The molecule has 3 saturated heterocycles. The summed E-state index contributed by atoms with van der Waals surface area (Å²) in [5.74, 6) is -0.345. The Kier molecular flexibility index (Phi) is 14.0. The molecule has 0 bridgehead atoms. The zero-order valence-electron chi connectivity index (χ0n) is 37.6. The molecule has 3 aliphatic rings. The van der Waals surface area contributed by atoms with E-state index >= 15 is 0 Å². The first-order valence-corrected chi connectivity index (χ1v) is 24.5. The lowest BCUT2D eigenvalue weighted by Gasteiger charge is -2.45. The number of nitrogens with zero attached hydrogens (tertiary/aromatic N) is 2. The van der Waals surface area contributed by atoms with Crippen LogP contribution in [-0.4, -0.2) is 74.2 Å². The van der Waals surface area contributed by atoms with Gasteiger partial charge in [-0.25, -0.2) is 8.42 Å². The zero-order chi connectivity index (χ0) is 46.4. The number of sulfonamides is 1. The molecule has 0 unspecified atom stereocenters. The summed E-state index contributed by atoms with van der Waals surface area (Å²) in [6.07, 6.45) is 1.14. The number of anilines is 1. The number of benzene rings is 6. The van der Waals surface area contributed by atoms with Crippen molar-refractivity contribution in [1.82, 2.24) is 20.3 Å². The second kappa shape index (κ2) is 20.4. The van der Waals surface area contributed by atoms with Crippen LogP contribution in [0.15, 0.2) is 163 Å². The van der Waals surface area contributed by atoms with Crippen LogP contribution in [0.25, 0.3) is 11.1 Å². The average Bonchev–Trinajstić information content (AvgIpc) is 3.68. The maximum Gasteiger partial charge on any atom is 0.247 e. The van der Waals surface area contributed by atoms with Gasteiger partial charge in [0.1, 0.15) is 11.6 Å². The molecule has 4 N–H and O–H groups in total. The van der Waals surface area contributed by atoms with Crippen LogP contribution in [0.4, 0.5) is 5.69 Å². The molecule has 4 atom stereocenters. The highest BCUT2D eigenvalue weighted by atomic mass is 32.2. The standard InChI is InChI=1S/C54H57N5O7S/c1-38-18-24-48(25-19-38)67(63,64)57-49(31-39-10-4-2-5-11-39)51(61)55-34-41-12-8-13-43(30-41)44-14-9-15-45(32-44)52-65-47(33-50(66-52)42-22-20-40(36-60)21-23-42)35-58-28-26-54(27-29-58)53(62)56-37-59(54)46-16-6-3-7-17-46/h2-25,30,32,47,49-50,52,57,60H,26-29,31,33-37H2,1H3,(H,55,61)(H,56,62)/t47-,49-,50+,52+/m1/s1. The number of amides is 2. The minimum atomic E-state index is -3.99. The quantitative estimate of drug-likeness (QED) is 0.0831. The van der Waals surface area contributed by atoms with E-state index in [0.717, 1.165) is 63.3 Å². The van der Waals surface area contributed by atoms with Gasteiger partial charge in [0.25, 0.3) is 0 Å². The van der Waals surface area contributed by atoms with E-state index in [1.807, 2.05) is 122 Å². The van der Waals surface area contributed by atoms with Crippen LogP contribution in [0, 0.1) is 6.92 Å². The molecule has 9 rings (SSSR count). The van der Waals surface area contributed by atoms with E-state index in [-0.39, 0.29) is 42.6 Å². The summed E-state index contributed by atoms with van der Waals surface area (Å²) >= 11 is 0. The molecule has 3 fully saturated rings. The minimum absolute atomic E-state index is 0.0401. The number of hydrogen-bond acceptors (Lipinski definition) is 9. The SMILES string of the molecule is Cc1ccc(S(=O)(=O)N[C@H](Cc2ccccc2)C(=O)NCc2cccc(-c3cccc([C@H]4O[C@@H](CN5CCC6(CC5)C(=O)NCN6c5ccccc5)C[C@@H](c5ccc(CO)cc5)O4)c3)c2)cc1. The minimum Gasteiger partial charge on any atom is -0.392 e. The Morgan fingerprint density at radius 3 is 2.16 bits per heavy atom. The predicted octanol–water partition coefficient (Wildman–Crippen LogP) is 7.33. The van der Waals surface area contributed by atoms with Gasteiger partial charge in [-0.05, 0) is 96.0 Å². The zero-order valence-corrected chi connectivity index (χ0v) is 38.4. The molecule has 12 nitrogen and oxygen atoms in total. The molecule has 67 heavy (non-hydrogen) atoms. The molecular weight excluding hydrogens is 863 g/mol. The molecule has 0 aliphatic carbocycles. The van der Waals surface area contributed by atoms with Crippen molar-refractivity contribution < 1.29 is 32.6 Å². The van der Waals surface area contributed by atoms with Gasteiger partial charge in [0.2, 0.25) is 21.8 Å². The van der Waals surface area contributed by atoms with E-state index in [0.29, 0.717) is 32.5 Å². The Labute approximate surface area is 393 Å². The molecule has 1 spiro atoms. The first kappa shape index (κ1) is 45.9. The third kappa shape index (κ3) is 10.7. The van der Waals surface area contributed by atoms with Gasteiger partial charge in [-0.3, -0.25) is 9.59 Å². The first-order chi connectivity index (χ1) is 32.5. The number of likely N-dealkylation sites (tertiary alicyclic amines) is 1. The maximum absolute atomic E-state index is 13.8. The lowest BCUT2D eigenvalue weighted by molar-refractivity contribution is -0.253. The Morgan fingerprint density at radius 1 is 0.776 bits per heavy atom. The van der Waals surface area contributed by atoms with E-state index in [9.17, 15) is 23.1 Å². The van der Waals surface area contributed by atoms with Crippen molar-refractivity contribution in [2.75, 3.05) is 31.2 Å². The van der Waals surface area contributed by atoms with Crippen molar-refractivity contribution in [3.05, 3.63) is 191 Å². The average molecular weight is 920 g/mol. The second-order valence-electron chi connectivity index (χ2n) is 17.8. The van der Waals surface area contributed by atoms with Gasteiger partial charge in [0.15, 0.2) is 6.29 Å². The van der Waals surface area contributed by atoms with Crippen LogP contribution >= 0.6 is 0 Å². The molecule has 2 amide bonds. The van der Waals surface area contributed by atoms with Crippen LogP contribution in [0.5, 0.6) is 0 Å². The number of hydrogen-bond donors (Lipinski definition) is 4. The fraction of sp³-hybridized carbons (Fsp3) is 0.296. The topological polar surface area (TPSA) is 150 Å². The molecule has 0 radical (unpaired) electrons. The normalized spacial score (nSPS) is 20.1. The molecule has 0 aromatic heterocycles. The highest BCUT2D eigenvalue weighted by molar-refractivity contribution is 7.89. The van der Waals surface area contributed by atoms with Crippen molar-refractivity contribution >= 4 is 27.5 Å². The molecular formula is C54H57N5O7S. The number of aryl methyl sites for hydroxylation is 1. The number of rotatable bonds is 15. The number of piperidine rings is 1. The number of ether oxygens (including phenoxy) is 2. The number of aliphatic hydroxyl groups excluding tert-OH is 1. The number of nitrogens with one attached hydrogen (secondary N) is 3. The number of aliphatic hydroxyl groups is 1. The van der Waals surface area contributed by atoms with Gasteiger partial charge in [-0.1, -0.05) is 127 Å². The van der Waals surface area contributed by atoms with Crippen LogP contribution in [0.3, 0.4) is 0 Å². The number of carbonyl (C=O) groups excluding carboxylic acids is 2. The van der Waals surface area contributed by atoms with Crippen LogP contribution in [0.2, 0.25) is 0 Å². The number of carbonyl (C=O) groups is 2. The highest BCUT2D eigenvalue weighted by Crippen LogP contribution is 2.41. The first-order valence-electron chi connectivity index (χ1n) is 23.0. The summed E-state index contributed by atoms with van der Waals surface area (Å²) in [5, 5.41) is 15.8. The summed E-state index contributed by atoms with van der Waals surface area (Å²) in [5.41, 5.74) is 7.65.